The summed E-state index contributed by atoms with van der Waals surface area (Å²) in [5.74, 6) is 2.54. The smallest absolute Gasteiger partial charge is 0.171 e. The molecular weight excluding hydrogens is 308 g/mol. The van der Waals surface area contributed by atoms with E-state index in [4.69, 9.17) is 15.2 Å². The number of ether oxygens (including phenoxy) is 2. The monoisotopic (exact) mass is 328 g/mol. The number of methoxy groups -OCH3 is 1. The van der Waals surface area contributed by atoms with Crippen molar-refractivity contribution in [1.29, 1.82) is 0 Å². The molecule has 3 rings (SSSR count). The predicted molar refractivity (Wildman–Crippen MR) is 87.9 cm³/mol. The molecule has 2 aromatic heterocycles. The van der Waals surface area contributed by atoms with Crippen LogP contribution in [0.3, 0.4) is 0 Å². The summed E-state index contributed by atoms with van der Waals surface area (Å²) in [5, 5.41) is 11.3. The van der Waals surface area contributed by atoms with Crippen LogP contribution in [-0.2, 0) is 6.54 Å². The van der Waals surface area contributed by atoms with Crippen LogP contribution in [0.1, 0.15) is 30.2 Å². The summed E-state index contributed by atoms with van der Waals surface area (Å²) in [5.41, 5.74) is 7.13. The third-order valence-corrected chi connectivity index (χ3v) is 3.54. The summed E-state index contributed by atoms with van der Waals surface area (Å²) in [4.78, 5) is 4.45. The van der Waals surface area contributed by atoms with Gasteiger partial charge in [-0.15, -0.1) is 0 Å². The zero-order valence-corrected chi connectivity index (χ0v) is 13.6. The largest absolute Gasteiger partial charge is 0.493 e. The molecule has 0 fully saturated rings. The van der Waals surface area contributed by atoms with E-state index < -0.39 is 6.04 Å². The number of benzene rings is 1. The van der Waals surface area contributed by atoms with Crippen molar-refractivity contribution in [3.8, 4) is 11.5 Å². The lowest BCUT2D eigenvalue weighted by Gasteiger charge is -2.13. The molecule has 0 spiro atoms. The van der Waals surface area contributed by atoms with Crippen molar-refractivity contribution in [2.24, 2.45) is 5.73 Å². The summed E-state index contributed by atoms with van der Waals surface area (Å²) < 4.78 is 12.6. The van der Waals surface area contributed by atoms with E-state index in [1.165, 1.54) is 0 Å². The first-order valence-corrected chi connectivity index (χ1v) is 7.66. The first-order valence-electron chi connectivity index (χ1n) is 7.66. The summed E-state index contributed by atoms with van der Waals surface area (Å²) in [6, 6.07) is 6.97. The number of nitrogens with one attached hydrogen (secondary N) is 1. The maximum atomic E-state index is 6.29. The van der Waals surface area contributed by atoms with Crippen LogP contribution < -0.4 is 15.2 Å². The van der Waals surface area contributed by atoms with Crippen LogP contribution in [0.4, 0.5) is 0 Å². The molecule has 2 heterocycles. The summed E-state index contributed by atoms with van der Waals surface area (Å²) in [6.07, 6.45) is 3.58. The van der Waals surface area contributed by atoms with Gasteiger partial charge >= 0.3 is 0 Å². The summed E-state index contributed by atoms with van der Waals surface area (Å²) in [6.45, 7) is 3.01. The molecule has 0 amide bonds. The Hall–Kier alpha value is -2.87. The molecule has 126 valence electrons. The highest BCUT2D eigenvalue weighted by Crippen LogP contribution is 2.30. The SMILES string of the molecule is CCOc1ccc([C@@H](N)c2n[nH]c(Cn3cccn3)n2)cc1OC. The highest BCUT2D eigenvalue weighted by atomic mass is 16.5. The number of hydrogen-bond donors (Lipinski definition) is 2. The molecule has 0 aliphatic heterocycles. The highest BCUT2D eigenvalue weighted by molar-refractivity contribution is 5.44. The molecule has 0 saturated heterocycles. The Bertz CT molecular complexity index is 784. The molecule has 3 N–H and O–H groups in total. The Morgan fingerprint density at radius 3 is 2.92 bits per heavy atom. The highest BCUT2D eigenvalue weighted by Gasteiger charge is 2.17. The molecule has 0 aliphatic rings. The average molecular weight is 328 g/mol. The minimum atomic E-state index is -0.461. The van der Waals surface area contributed by atoms with Gasteiger partial charge in [0.15, 0.2) is 17.3 Å². The van der Waals surface area contributed by atoms with E-state index >= 15 is 0 Å². The molecule has 24 heavy (non-hydrogen) atoms. The number of H-pyrrole nitrogens is 1. The van der Waals surface area contributed by atoms with Gasteiger partial charge in [-0.05, 0) is 30.7 Å². The standard InChI is InChI=1S/C16H20N6O2/c1-3-24-12-6-5-11(9-13(12)23-2)15(17)16-19-14(20-21-16)10-22-8-4-7-18-22/h4-9,15H,3,10,17H2,1-2H3,(H,19,20,21)/t15-/m1/s1. The fourth-order valence-electron chi connectivity index (χ4n) is 2.37. The number of nitrogens with two attached hydrogens (primary N) is 1. The summed E-state index contributed by atoms with van der Waals surface area (Å²) in [7, 11) is 1.60. The number of hydrogen-bond acceptors (Lipinski definition) is 6. The lowest BCUT2D eigenvalue weighted by atomic mass is 10.1. The predicted octanol–water partition coefficient (Wildman–Crippen LogP) is 1.50. The van der Waals surface area contributed by atoms with E-state index in [-0.39, 0.29) is 0 Å². The van der Waals surface area contributed by atoms with Gasteiger partial charge in [0.05, 0.1) is 19.8 Å². The van der Waals surface area contributed by atoms with Crippen molar-refractivity contribution in [2.45, 2.75) is 19.5 Å². The number of rotatable bonds is 7. The van der Waals surface area contributed by atoms with Crippen LogP contribution in [0.15, 0.2) is 36.7 Å². The van der Waals surface area contributed by atoms with Crippen molar-refractivity contribution in [3.63, 3.8) is 0 Å². The quantitative estimate of drug-likeness (QED) is 0.681. The first kappa shape index (κ1) is 16.0. The third kappa shape index (κ3) is 3.38. The van der Waals surface area contributed by atoms with Crippen molar-refractivity contribution >= 4 is 0 Å². The zero-order chi connectivity index (χ0) is 16.9. The maximum absolute atomic E-state index is 6.29. The molecule has 1 atom stereocenters. The molecule has 0 aliphatic carbocycles. The Balaban J connectivity index is 1.78. The van der Waals surface area contributed by atoms with Gasteiger partial charge < -0.3 is 15.2 Å². The fraction of sp³-hybridized carbons (Fsp3) is 0.312. The van der Waals surface area contributed by atoms with E-state index in [0.717, 1.165) is 5.56 Å². The minimum Gasteiger partial charge on any atom is -0.493 e. The number of aromatic nitrogens is 5. The van der Waals surface area contributed by atoms with Gasteiger partial charge in [0.25, 0.3) is 0 Å². The molecule has 8 nitrogen and oxygen atoms in total. The van der Waals surface area contributed by atoms with Crippen LogP contribution in [0.2, 0.25) is 0 Å². The van der Waals surface area contributed by atoms with Gasteiger partial charge in [0.2, 0.25) is 0 Å². The number of aromatic amines is 1. The fourth-order valence-corrected chi connectivity index (χ4v) is 2.37. The second-order valence-corrected chi connectivity index (χ2v) is 5.16. The molecule has 0 bridgehead atoms. The normalized spacial score (nSPS) is 12.1. The van der Waals surface area contributed by atoms with Crippen molar-refractivity contribution in [2.75, 3.05) is 13.7 Å². The van der Waals surface area contributed by atoms with E-state index in [2.05, 4.69) is 20.3 Å². The van der Waals surface area contributed by atoms with Gasteiger partial charge in [-0.2, -0.15) is 10.2 Å². The van der Waals surface area contributed by atoms with E-state index in [9.17, 15) is 0 Å². The van der Waals surface area contributed by atoms with E-state index in [1.54, 1.807) is 18.0 Å². The molecule has 0 radical (unpaired) electrons. The van der Waals surface area contributed by atoms with Crippen molar-refractivity contribution < 1.29 is 9.47 Å². The number of nitrogens with zero attached hydrogens (tertiary/aromatic N) is 4. The Labute approximate surface area is 139 Å². The van der Waals surface area contributed by atoms with Gasteiger partial charge in [-0.1, -0.05) is 6.07 Å². The van der Waals surface area contributed by atoms with Crippen LogP contribution in [-0.4, -0.2) is 38.7 Å². The van der Waals surface area contributed by atoms with E-state index in [0.29, 0.717) is 36.3 Å². The van der Waals surface area contributed by atoms with Gasteiger partial charge in [-0.25, -0.2) is 4.98 Å². The lowest BCUT2D eigenvalue weighted by molar-refractivity contribution is 0.310. The molecule has 8 heteroatoms. The second kappa shape index (κ2) is 7.14. The van der Waals surface area contributed by atoms with Crippen LogP contribution >= 0.6 is 0 Å². The van der Waals surface area contributed by atoms with Gasteiger partial charge in [0.1, 0.15) is 12.4 Å². The first-order chi connectivity index (χ1) is 11.7. The van der Waals surface area contributed by atoms with Crippen LogP contribution in [0.25, 0.3) is 0 Å². The Kier molecular flexibility index (Phi) is 4.76. The van der Waals surface area contributed by atoms with Crippen LogP contribution in [0, 0.1) is 0 Å². The average Bonchev–Trinajstić information content (AvgIpc) is 3.27. The molecule has 1 aromatic carbocycles. The molecule has 3 aromatic rings. The lowest BCUT2D eigenvalue weighted by Crippen LogP contribution is -2.14. The third-order valence-electron chi connectivity index (χ3n) is 3.54. The van der Waals surface area contributed by atoms with Crippen molar-refractivity contribution in [1.82, 2.24) is 25.0 Å². The van der Waals surface area contributed by atoms with Gasteiger partial charge in [0, 0.05) is 12.4 Å². The molecule has 0 saturated carbocycles. The van der Waals surface area contributed by atoms with Gasteiger partial charge in [-0.3, -0.25) is 9.78 Å². The minimum absolute atomic E-state index is 0.461. The summed E-state index contributed by atoms with van der Waals surface area (Å²) >= 11 is 0. The zero-order valence-electron chi connectivity index (χ0n) is 13.6. The second-order valence-electron chi connectivity index (χ2n) is 5.16. The molecule has 0 unspecified atom stereocenters. The maximum Gasteiger partial charge on any atom is 0.171 e. The van der Waals surface area contributed by atoms with Crippen LogP contribution in [0.5, 0.6) is 11.5 Å². The molecular formula is C16H20N6O2. The van der Waals surface area contributed by atoms with E-state index in [1.807, 2.05) is 37.4 Å². The van der Waals surface area contributed by atoms with Crippen molar-refractivity contribution in [3.05, 3.63) is 53.9 Å². The Morgan fingerprint density at radius 1 is 1.33 bits per heavy atom. The topological polar surface area (TPSA) is 104 Å². The Morgan fingerprint density at radius 2 is 2.21 bits per heavy atom.